The number of likely N-dealkylation sites (tertiary alicyclic amines) is 2. The molecule has 3 atom stereocenters. The van der Waals surface area contributed by atoms with Gasteiger partial charge in [-0.25, -0.2) is 4.79 Å². The zero-order valence-electron chi connectivity index (χ0n) is 13.6. The van der Waals surface area contributed by atoms with Gasteiger partial charge in [0, 0.05) is 39.3 Å². The summed E-state index contributed by atoms with van der Waals surface area (Å²) in [6.07, 6.45) is 2.26. The van der Waals surface area contributed by atoms with Crippen LogP contribution in [0.1, 0.15) is 26.7 Å². The van der Waals surface area contributed by atoms with Crippen molar-refractivity contribution in [1.82, 2.24) is 15.1 Å². The van der Waals surface area contributed by atoms with Crippen LogP contribution in [0.3, 0.4) is 0 Å². The van der Waals surface area contributed by atoms with E-state index in [1.54, 1.807) is 7.11 Å². The first-order valence-corrected chi connectivity index (χ1v) is 8.29. The summed E-state index contributed by atoms with van der Waals surface area (Å²) in [4.78, 5) is 16.8. The SMILES string of the molecule is COCCN1CCC[C@H](NC(=O)N2C[C@@H]3[C@H](C2)C3(C)C)C1. The number of hydrogen-bond acceptors (Lipinski definition) is 3. The summed E-state index contributed by atoms with van der Waals surface area (Å²) < 4.78 is 5.14. The van der Waals surface area contributed by atoms with Gasteiger partial charge in [-0.05, 0) is 36.6 Å². The predicted octanol–water partition coefficient (Wildman–Crippen LogP) is 1.39. The third kappa shape index (κ3) is 3.04. The molecule has 0 bridgehead atoms. The van der Waals surface area contributed by atoms with Gasteiger partial charge in [-0.1, -0.05) is 13.8 Å². The lowest BCUT2D eigenvalue weighted by Crippen LogP contribution is -2.52. The Balaban J connectivity index is 1.43. The molecule has 5 nitrogen and oxygen atoms in total. The maximum Gasteiger partial charge on any atom is 0.317 e. The lowest BCUT2D eigenvalue weighted by Gasteiger charge is -2.34. The number of rotatable bonds is 4. The Hall–Kier alpha value is -0.810. The number of carbonyl (C=O) groups excluding carboxylic acids is 1. The maximum absolute atomic E-state index is 12.4. The first kappa shape index (κ1) is 15.1. The molecule has 1 aliphatic carbocycles. The number of nitrogens with one attached hydrogen (secondary N) is 1. The molecule has 0 aromatic rings. The zero-order valence-corrected chi connectivity index (χ0v) is 13.6. The summed E-state index contributed by atoms with van der Waals surface area (Å²) in [5.74, 6) is 1.46. The van der Waals surface area contributed by atoms with E-state index in [4.69, 9.17) is 4.74 Å². The van der Waals surface area contributed by atoms with Crippen molar-refractivity contribution >= 4 is 6.03 Å². The van der Waals surface area contributed by atoms with Crippen molar-refractivity contribution < 1.29 is 9.53 Å². The Morgan fingerprint density at radius 2 is 2.00 bits per heavy atom. The molecule has 3 rings (SSSR count). The van der Waals surface area contributed by atoms with E-state index in [1.807, 2.05) is 4.90 Å². The smallest absolute Gasteiger partial charge is 0.317 e. The van der Waals surface area contributed by atoms with E-state index >= 15 is 0 Å². The summed E-state index contributed by atoms with van der Waals surface area (Å²) >= 11 is 0. The highest BCUT2D eigenvalue weighted by Gasteiger charge is 2.62. The molecule has 0 unspecified atom stereocenters. The van der Waals surface area contributed by atoms with Crippen molar-refractivity contribution in [2.75, 3.05) is 46.4 Å². The van der Waals surface area contributed by atoms with Crippen molar-refractivity contribution in [2.24, 2.45) is 17.3 Å². The summed E-state index contributed by atoms with van der Waals surface area (Å²) in [5.41, 5.74) is 0.471. The number of urea groups is 1. The summed E-state index contributed by atoms with van der Waals surface area (Å²) in [6.45, 7) is 10.4. The molecule has 2 saturated heterocycles. The number of nitrogens with zero attached hydrogens (tertiary/aromatic N) is 2. The van der Waals surface area contributed by atoms with E-state index < -0.39 is 0 Å². The van der Waals surface area contributed by atoms with Gasteiger partial charge < -0.3 is 15.0 Å². The average Bonchev–Trinajstić information content (AvgIpc) is 2.82. The molecule has 0 radical (unpaired) electrons. The van der Waals surface area contributed by atoms with Gasteiger partial charge in [-0.15, -0.1) is 0 Å². The van der Waals surface area contributed by atoms with Crippen LogP contribution in [-0.4, -0.2) is 68.3 Å². The number of amides is 2. The fourth-order valence-corrected chi connectivity index (χ4v) is 4.16. The van der Waals surface area contributed by atoms with Crippen molar-refractivity contribution in [1.29, 1.82) is 0 Å². The van der Waals surface area contributed by atoms with E-state index in [1.165, 1.54) is 0 Å². The Bertz CT molecular complexity index is 385. The van der Waals surface area contributed by atoms with E-state index in [2.05, 4.69) is 24.1 Å². The normalized spacial score (nSPS) is 34.6. The molecule has 0 spiro atoms. The van der Waals surface area contributed by atoms with Crippen molar-refractivity contribution in [3.8, 4) is 0 Å². The van der Waals surface area contributed by atoms with Gasteiger partial charge >= 0.3 is 6.03 Å². The van der Waals surface area contributed by atoms with E-state index in [9.17, 15) is 4.79 Å². The Morgan fingerprint density at radius 3 is 2.67 bits per heavy atom. The molecule has 5 heteroatoms. The van der Waals surface area contributed by atoms with Gasteiger partial charge in [-0.3, -0.25) is 4.90 Å². The highest BCUT2D eigenvalue weighted by molar-refractivity contribution is 5.75. The number of fused-ring (bicyclic) bond motifs is 1. The van der Waals surface area contributed by atoms with Crippen molar-refractivity contribution in [2.45, 2.75) is 32.7 Å². The van der Waals surface area contributed by atoms with Crippen LogP contribution in [0, 0.1) is 17.3 Å². The van der Waals surface area contributed by atoms with Gasteiger partial charge in [0.1, 0.15) is 0 Å². The highest BCUT2D eigenvalue weighted by Crippen LogP contribution is 2.61. The average molecular weight is 295 g/mol. The van der Waals surface area contributed by atoms with E-state index in [0.717, 1.165) is 64.0 Å². The first-order valence-electron chi connectivity index (χ1n) is 8.29. The molecular formula is C16H29N3O2. The number of methoxy groups -OCH3 is 1. The van der Waals surface area contributed by atoms with Crippen LogP contribution in [0.5, 0.6) is 0 Å². The van der Waals surface area contributed by atoms with Gasteiger partial charge in [0.2, 0.25) is 0 Å². The number of piperidine rings is 2. The van der Waals surface area contributed by atoms with Gasteiger partial charge in [0.05, 0.1) is 6.61 Å². The molecular weight excluding hydrogens is 266 g/mol. The Morgan fingerprint density at radius 1 is 1.29 bits per heavy atom. The van der Waals surface area contributed by atoms with Crippen LogP contribution in [0.4, 0.5) is 4.79 Å². The van der Waals surface area contributed by atoms with Crippen molar-refractivity contribution in [3.05, 3.63) is 0 Å². The molecule has 0 aromatic carbocycles. The number of carbonyl (C=O) groups is 1. The van der Waals surface area contributed by atoms with Gasteiger partial charge in [0.25, 0.3) is 0 Å². The van der Waals surface area contributed by atoms with Crippen LogP contribution in [0.2, 0.25) is 0 Å². The molecule has 2 amide bonds. The topological polar surface area (TPSA) is 44.8 Å². The number of ether oxygens (including phenoxy) is 1. The minimum Gasteiger partial charge on any atom is -0.383 e. The molecule has 1 saturated carbocycles. The third-order valence-corrected chi connectivity index (χ3v) is 5.85. The second kappa shape index (κ2) is 5.76. The molecule has 120 valence electrons. The largest absolute Gasteiger partial charge is 0.383 e. The second-order valence-electron chi connectivity index (χ2n) is 7.52. The monoisotopic (exact) mass is 295 g/mol. The minimum absolute atomic E-state index is 0.150. The van der Waals surface area contributed by atoms with Gasteiger partial charge in [-0.2, -0.15) is 0 Å². The van der Waals surface area contributed by atoms with Crippen LogP contribution >= 0.6 is 0 Å². The Labute approximate surface area is 128 Å². The van der Waals surface area contributed by atoms with Crippen molar-refractivity contribution in [3.63, 3.8) is 0 Å². The van der Waals surface area contributed by atoms with Crippen LogP contribution < -0.4 is 5.32 Å². The third-order valence-electron chi connectivity index (χ3n) is 5.85. The minimum atomic E-state index is 0.150. The van der Waals surface area contributed by atoms with E-state index in [0.29, 0.717) is 11.5 Å². The summed E-state index contributed by atoms with van der Waals surface area (Å²) in [7, 11) is 1.74. The quantitative estimate of drug-likeness (QED) is 0.852. The molecule has 2 aliphatic heterocycles. The maximum atomic E-state index is 12.4. The zero-order chi connectivity index (χ0) is 15.0. The lowest BCUT2D eigenvalue weighted by atomic mass is 10.1. The second-order valence-corrected chi connectivity index (χ2v) is 7.52. The Kier molecular flexibility index (Phi) is 4.14. The first-order chi connectivity index (χ1) is 10.0. The standard InChI is InChI=1S/C16H29N3O2/c1-16(2)13-10-19(11-14(13)16)15(20)17-12-5-4-6-18(9-12)7-8-21-3/h12-14H,4-11H2,1-3H3,(H,17,20)/t12-,13-,14+/m0/s1. The van der Waals surface area contributed by atoms with Crippen LogP contribution in [-0.2, 0) is 4.74 Å². The fraction of sp³-hybridized carbons (Fsp3) is 0.938. The molecule has 0 aromatic heterocycles. The van der Waals surface area contributed by atoms with E-state index in [-0.39, 0.29) is 6.03 Å². The fourth-order valence-electron chi connectivity index (χ4n) is 4.16. The van der Waals surface area contributed by atoms with Gasteiger partial charge in [0.15, 0.2) is 0 Å². The summed E-state index contributed by atoms with van der Waals surface area (Å²) in [5, 5.41) is 3.24. The molecule has 3 aliphatic rings. The molecule has 2 heterocycles. The summed E-state index contributed by atoms with van der Waals surface area (Å²) in [6, 6.07) is 0.449. The molecule has 1 N–H and O–H groups in total. The predicted molar refractivity (Wildman–Crippen MR) is 82.2 cm³/mol. The van der Waals surface area contributed by atoms with Crippen LogP contribution in [0.25, 0.3) is 0 Å². The lowest BCUT2D eigenvalue weighted by molar-refractivity contribution is 0.121. The van der Waals surface area contributed by atoms with Crippen LogP contribution in [0.15, 0.2) is 0 Å². The number of hydrogen-bond donors (Lipinski definition) is 1. The molecule has 3 fully saturated rings. The highest BCUT2D eigenvalue weighted by atomic mass is 16.5. The molecule has 21 heavy (non-hydrogen) atoms.